The van der Waals surface area contributed by atoms with E-state index in [1.165, 1.54) is 0 Å². The summed E-state index contributed by atoms with van der Waals surface area (Å²) in [7, 11) is 0. The summed E-state index contributed by atoms with van der Waals surface area (Å²) < 4.78 is 1.64. The highest BCUT2D eigenvalue weighted by Crippen LogP contribution is 2.30. The molecule has 0 radical (unpaired) electrons. The van der Waals surface area contributed by atoms with Gasteiger partial charge in [0.15, 0.2) is 5.69 Å². The van der Waals surface area contributed by atoms with Crippen LogP contribution in [0.1, 0.15) is 37.0 Å². The van der Waals surface area contributed by atoms with E-state index in [0.717, 1.165) is 16.5 Å². The molecule has 0 saturated carbocycles. The predicted molar refractivity (Wildman–Crippen MR) is 84.5 cm³/mol. The number of benzene rings is 2. The van der Waals surface area contributed by atoms with Gasteiger partial charge in [-0.3, -0.25) is 0 Å². The minimum Gasteiger partial charge on any atom is -0.476 e. The van der Waals surface area contributed by atoms with Crippen molar-refractivity contribution in [2.45, 2.75) is 26.2 Å². The molecule has 0 spiro atoms. The van der Waals surface area contributed by atoms with Gasteiger partial charge in [0, 0.05) is 10.8 Å². The van der Waals surface area contributed by atoms with E-state index < -0.39 is 11.4 Å². The van der Waals surface area contributed by atoms with Crippen LogP contribution in [0.25, 0.3) is 16.5 Å². The van der Waals surface area contributed by atoms with Gasteiger partial charge in [-0.25, -0.2) is 9.48 Å². The van der Waals surface area contributed by atoms with E-state index in [4.69, 9.17) is 0 Å². The SMILES string of the molecule is CC(C)(C)c1c(C(=O)O)nnn1-c1cccc2ccccc12. The maximum atomic E-state index is 11.5. The zero-order chi connectivity index (χ0) is 15.9. The van der Waals surface area contributed by atoms with E-state index >= 15 is 0 Å². The third kappa shape index (κ3) is 2.24. The lowest BCUT2D eigenvalue weighted by atomic mass is 9.90. The third-order valence-electron chi connectivity index (χ3n) is 3.58. The molecule has 0 amide bonds. The van der Waals surface area contributed by atoms with Gasteiger partial charge in [-0.05, 0) is 11.5 Å². The number of carboxylic acid groups (broad SMARTS) is 1. The van der Waals surface area contributed by atoms with E-state index in [0.29, 0.717) is 5.69 Å². The monoisotopic (exact) mass is 295 g/mol. The molecule has 1 aromatic heterocycles. The summed E-state index contributed by atoms with van der Waals surface area (Å²) >= 11 is 0. The van der Waals surface area contributed by atoms with Gasteiger partial charge in [-0.2, -0.15) is 0 Å². The maximum absolute atomic E-state index is 11.5. The predicted octanol–water partition coefficient (Wildman–Crippen LogP) is 3.42. The molecule has 3 aromatic rings. The van der Waals surface area contributed by atoms with Crippen LogP contribution in [0.15, 0.2) is 42.5 Å². The number of hydrogen-bond acceptors (Lipinski definition) is 3. The molecule has 0 bridgehead atoms. The number of hydrogen-bond donors (Lipinski definition) is 1. The van der Waals surface area contributed by atoms with Crippen LogP contribution in [-0.2, 0) is 5.41 Å². The van der Waals surface area contributed by atoms with Crippen molar-refractivity contribution < 1.29 is 9.90 Å². The van der Waals surface area contributed by atoms with Gasteiger partial charge in [0.2, 0.25) is 0 Å². The van der Waals surface area contributed by atoms with Crippen LogP contribution in [-0.4, -0.2) is 26.1 Å². The molecule has 22 heavy (non-hydrogen) atoms. The molecule has 3 rings (SSSR count). The van der Waals surface area contributed by atoms with Gasteiger partial charge in [0.1, 0.15) is 0 Å². The zero-order valence-electron chi connectivity index (χ0n) is 12.7. The molecule has 0 saturated heterocycles. The average molecular weight is 295 g/mol. The minimum absolute atomic E-state index is 0.000402. The molecule has 0 unspecified atom stereocenters. The van der Waals surface area contributed by atoms with Crippen LogP contribution in [0.3, 0.4) is 0 Å². The Morgan fingerprint density at radius 2 is 1.77 bits per heavy atom. The lowest BCUT2D eigenvalue weighted by Crippen LogP contribution is -2.21. The van der Waals surface area contributed by atoms with Gasteiger partial charge in [-0.1, -0.05) is 62.4 Å². The number of aromatic carboxylic acids is 1. The molecule has 0 aliphatic heterocycles. The van der Waals surface area contributed by atoms with Gasteiger partial charge in [0.05, 0.1) is 11.4 Å². The minimum atomic E-state index is -1.06. The first kappa shape index (κ1) is 14.3. The molecule has 0 fully saturated rings. The van der Waals surface area contributed by atoms with E-state index in [1.54, 1.807) is 4.68 Å². The Balaban J connectivity index is 2.35. The summed E-state index contributed by atoms with van der Waals surface area (Å²) in [4.78, 5) is 11.5. The summed E-state index contributed by atoms with van der Waals surface area (Å²) in [6.07, 6.45) is 0. The van der Waals surface area contributed by atoms with Crippen LogP contribution in [0.4, 0.5) is 0 Å². The van der Waals surface area contributed by atoms with Crippen molar-refractivity contribution in [3.63, 3.8) is 0 Å². The van der Waals surface area contributed by atoms with Gasteiger partial charge in [0.25, 0.3) is 0 Å². The standard InChI is InChI=1S/C17H17N3O2/c1-17(2,3)15-14(16(21)22)18-19-20(15)13-10-6-8-11-7-4-5-9-12(11)13/h4-10H,1-3H3,(H,21,22). The fourth-order valence-corrected chi connectivity index (χ4v) is 2.66. The Bertz CT molecular complexity index is 854. The molecule has 0 aliphatic rings. The second kappa shape index (κ2) is 4.94. The maximum Gasteiger partial charge on any atom is 0.358 e. The number of nitrogens with zero attached hydrogens (tertiary/aromatic N) is 3. The molecule has 0 atom stereocenters. The Labute approximate surface area is 128 Å². The summed E-state index contributed by atoms with van der Waals surface area (Å²) in [5.74, 6) is -1.06. The van der Waals surface area contributed by atoms with Crippen molar-refractivity contribution >= 4 is 16.7 Å². The molecular formula is C17H17N3O2. The molecule has 1 N–H and O–H groups in total. The smallest absolute Gasteiger partial charge is 0.358 e. The Hall–Kier alpha value is -2.69. The van der Waals surface area contributed by atoms with Crippen LogP contribution in [0, 0.1) is 0 Å². The van der Waals surface area contributed by atoms with Crippen molar-refractivity contribution in [3.8, 4) is 5.69 Å². The normalized spacial score (nSPS) is 11.8. The molecule has 5 heteroatoms. The molecule has 5 nitrogen and oxygen atoms in total. The highest BCUT2D eigenvalue weighted by Gasteiger charge is 2.29. The first-order valence-electron chi connectivity index (χ1n) is 7.07. The second-order valence-electron chi connectivity index (χ2n) is 6.25. The molecule has 112 valence electrons. The van der Waals surface area contributed by atoms with Gasteiger partial charge in [-0.15, -0.1) is 5.10 Å². The number of carbonyl (C=O) groups is 1. The highest BCUT2D eigenvalue weighted by atomic mass is 16.4. The van der Waals surface area contributed by atoms with Crippen LogP contribution in [0.5, 0.6) is 0 Å². The van der Waals surface area contributed by atoms with Crippen molar-refractivity contribution in [3.05, 3.63) is 53.9 Å². The van der Waals surface area contributed by atoms with E-state index in [2.05, 4.69) is 10.3 Å². The van der Waals surface area contributed by atoms with Crippen LogP contribution >= 0.6 is 0 Å². The van der Waals surface area contributed by atoms with Crippen LogP contribution < -0.4 is 0 Å². The number of carboxylic acids is 1. The lowest BCUT2D eigenvalue weighted by Gasteiger charge is -2.21. The van der Waals surface area contributed by atoms with Gasteiger partial charge < -0.3 is 5.11 Å². The zero-order valence-corrected chi connectivity index (χ0v) is 12.7. The van der Waals surface area contributed by atoms with Crippen molar-refractivity contribution in [2.24, 2.45) is 0 Å². The van der Waals surface area contributed by atoms with Gasteiger partial charge >= 0.3 is 5.97 Å². The summed E-state index contributed by atoms with van der Waals surface area (Å²) in [5, 5.41) is 19.5. The first-order valence-corrected chi connectivity index (χ1v) is 7.07. The third-order valence-corrected chi connectivity index (χ3v) is 3.58. The summed E-state index contributed by atoms with van der Waals surface area (Å²) in [5.41, 5.74) is 1.04. The Kier molecular flexibility index (Phi) is 3.20. The van der Waals surface area contributed by atoms with E-state index in [1.807, 2.05) is 63.2 Å². The summed E-state index contributed by atoms with van der Waals surface area (Å²) in [6.45, 7) is 5.87. The highest BCUT2D eigenvalue weighted by molar-refractivity contribution is 5.91. The van der Waals surface area contributed by atoms with Crippen molar-refractivity contribution in [2.75, 3.05) is 0 Å². The van der Waals surface area contributed by atoms with Crippen molar-refractivity contribution in [1.82, 2.24) is 15.0 Å². The number of fused-ring (bicyclic) bond motifs is 1. The summed E-state index contributed by atoms with van der Waals surface area (Å²) in [6, 6.07) is 13.8. The topological polar surface area (TPSA) is 68.0 Å². The Morgan fingerprint density at radius 1 is 1.09 bits per heavy atom. The lowest BCUT2D eigenvalue weighted by molar-refractivity contribution is 0.0687. The number of aromatic nitrogens is 3. The molecule has 0 aliphatic carbocycles. The van der Waals surface area contributed by atoms with E-state index in [-0.39, 0.29) is 5.69 Å². The molecule has 1 heterocycles. The number of rotatable bonds is 2. The van der Waals surface area contributed by atoms with Crippen molar-refractivity contribution in [1.29, 1.82) is 0 Å². The first-order chi connectivity index (χ1) is 10.4. The average Bonchev–Trinajstić information content (AvgIpc) is 2.91. The molecular weight excluding hydrogens is 278 g/mol. The largest absolute Gasteiger partial charge is 0.476 e. The fraction of sp³-hybridized carbons (Fsp3) is 0.235. The second-order valence-corrected chi connectivity index (χ2v) is 6.25. The quantitative estimate of drug-likeness (QED) is 0.786. The van der Waals surface area contributed by atoms with Crippen LogP contribution in [0.2, 0.25) is 0 Å². The van der Waals surface area contributed by atoms with E-state index in [9.17, 15) is 9.90 Å². The molecule has 2 aromatic carbocycles. The fourth-order valence-electron chi connectivity index (χ4n) is 2.66. The Morgan fingerprint density at radius 3 is 2.45 bits per heavy atom.